The molecular formula is C15H32N2. The smallest absolute Gasteiger partial charge is 0.0164 e. The van der Waals surface area contributed by atoms with E-state index in [-0.39, 0.29) is 0 Å². The summed E-state index contributed by atoms with van der Waals surface area (Å²) in [6.45, 7) is 6.90. The largest absolute Gasteiger partial charge is 0.313 e. The molecule has 1 atom stereocenters. The maximum atomic E-state index is 3.61. The van der Waals surface area contributed by atoms with E-state index in [0.717, 1.165) is 12.6 Å². The van der Waals surface area contributed by atoms with Crippen molar-refractivity contribution in [3.63, 3.8) is 0 Å². The minimum absolute atomic E-state index is 0.635. The molecule has 1 fully saturated rings. The molecule has 1 saturated carbocycles. The van der Waals surface area contributed by atoms with Gasteiger partial charge in [0, 0.05) is 18.6 Å². The van der Waals surface area contributed by atoms with Crippen molar-refractivity contribution in [2.24, 2.45) is 0 Å². The Kier molecular flexibility index (Phi) is 8.72. The van der Waals surface area contributed by atoms with Gasteiger partial charge in [0.25, 0.3) is 0 Å². The first-order chi connectivity index (χ1) is 8.33. The van der Waals surface area contributed by atoms with Crippen molar-refractivity contribution >= 4 is 0 Å². The fourth-order valence-electron chi connectivity index (χ4n) is 2.13. The molecule has 0 spiro atoms. The third-order valence-corrected chi connectivity index (χ3v) is 3.56. The lowest BCUT2D eigenvalue weighted by atomic mass is 10.1. The van der Waals surface area contributed by atoms with Gasteiger partial charge in [-0.2, -0.15) is 0 Å². The normalized spacial score (nSPS) is 17.3. The SMILES string of the molecule is CCCCCCCCCNC(C)CNC1CC1. The summed E-state index contributed by atoms with van der Waals surface area (Å²) in [7, 11) is 0. The molecule has 2 nitrogen and oxygen atoms in total. The van der Waals surface area contributed by atoms with E-state index in [9.17, 15) is 0 Å². The second-order valence-electron chi connectivity index (χ2n) is 5.66. The molecule has 0 aliphatic heterocycles. The van der Waals surface area contributed by atoms with Gasteiger partial charge in [0.05, 0.1) is 0 Å². The van der Waals surface area contributed by atoms with Crippen LogP contribution in [0, 0.1) is 0 Å². The minimum Gasteiger partial charge on any atom is -0.313 e. The van der Waals surface area contributed by atoms with E-state index in [0.29, 0.717) is 6.04 Å². The molecule has 0 aromatic rings. The average Bonchev–Trinajstić information content (AvgIpc) is 3.14. The molecule has 0 aromatic carbocycles. The van der Waals surface area contributed by atoms with Gasteiger partial charge in [-0.3, -0.25) is 0 Å². The number of nitrogens with one attached hydrogen (secondary N) is 2. The molecule has 1 unspecified atom stereocenters. The van der Waals surface area contributed by atoms with E-state index in [2.05, 4.69) is 24.5 Å². The zero-order chi connectivity index (χ0) is 12.3. The molecule has 0 saturated heterocycles. The van der Waals surface area contributed by atoms with Crippen LogP contribution in [0.15, 0.2) is 0 Å². The summed E-state index contributed by atoms with van der Waals surface area (Å²) in [6, 6.07) is 1.48. The van der Waals surface area contributed by atoms with Gasteiger partial charge < -0.3 is 10.6 Å². The summed E-state index contributed by atoms with van der Waals surface area (Å²) in [5, 5.41) is 7.17. The van der Waals surface area contributed by atoms with Crippen LogP contribution in [0.3, 0.4) is 0 Å². The predicted octanol–water partition coefficient (Wildman–Crippen LogP) is 3.47. The molecular weight excluding hydrogens is 208 g/mol. The summed E-state index contributed by atoms with van der Waals surface area (Å²) in [5.74, 6) is 0. The van der Waals surface area contributed by atoms with Crippen molar-refractivity contribution in [1.29, 1.82) is 0 Å². The van der Waals surface area contributed by atoms with E-state index in [1.165, 1.54) is 64.3 Å². The van der Waals surface area contributed by atoms with Crippen molar-refractivity contribution in [1.82, 2.24) is 10.6 Å². The molecule has 0 radical (unpaired) electrons. The van der Waals surface area contributed by atoms with Crippen LogP contribution in [0.25, 0.3) is 0 Å². The molecule has 1 aliphatic carbocycles. The van der Waals surface area contributed by atoms with Crippen LogP contribution in [0.5, 0.6) is 0 Å². The average molecular weight is 240 g/mol. The molecule has 1 rings (SSSR count). The Bertz CT molecular complexity index is 166. The third kappa shape index (κ3) is 9.61. The lowest BCUT2D eigenvalue weighted by Gasteiger charge is -2.14. The maximum absolute atomic E-state index is 3.61. The molecule has 102 valence electrons. The quantitative estimate of drug-likeness (QED) is 0.510. The molecule has 1 aliphatic rings. The minimum atomic E-state index is 0.635. The van der Waals surface area contributed by atoms with Crippen molar-refractivity contribution in [3.05, 3.63) is 0 Å². The highest BCUT2D eigenvalue weighted by molar-refractivity contribution is 4.82. The van der Waals surface area contributed by atoms with E-state index in [1.807, 2.05) is 0 Å². The zero-order valence-electron chi connectivity index (χ0n) is 11.9. The van der Waals surface area contributed by atoms with Crippen molar-refractivity contribution < 1.29 is 0 Å². The summed E-state index contributed by atoms with van der Waals surface area (Å²) in [4.78, 5) is 0. The van der Waals surface area contributed by atoms with Crippen LogP contribution in [-0.2, 0) is 0 Å². The summed E-state index contributed by atoms with van der Waals surface area (Å²) in [6.07, 6.45) is 12.6. The Hall–Kier alpha value is -0.0800. The Morgan fingerprint density at radius 2 is 1.65 bits per heavy atom. The second-order valence-corrected chi connectivity index (χ2v) is 5.66. The highest BCUT2D eigenvalue weighted by atomic mass is 15.0. The number of unbranched alkanes of at least 4 members (excludes halogenated alkanes) is 6. The first kappa shape index (κ1) is 15.0. The Morgan fingerprint density at radius 1 is 1.00 bits per heavy atom. The number of hydrogen-bond acceptors (Lipinski definition) is 2. The molecule has 0 bridgehead atoms. The molecule has 17 heavy (non-hydrogen) atoms. The monoisotopic (exact) mass is 240 g/mol. The fourth-order valence-corrected chi connectivity index (χ4v) is 2.13. The van der Waals surface area contributed by atoms with Crippen LogP contribution in [0.2, 0.25) is 0 Å². The standard InChI is InChI=1S/C15H32N2/c1-3-4-5-6-7-8-9-12-16-14(2)13-17-15-10-11-15/h14-17H,3-13H2,1-2H3. The Labute approximate surface area is 108 Å². The highest BCUT2D eigenvalue weighted by Crippen LogP contribution is 2.18. The summed E-state index contributed by atoms with van der Waals surface area (Å²) in [5.41, 5.74) is 0. The van der Waals surface area contributed by atoms with Gasteiger partial charge in [0.15, 0.2) is 0 Å². The molecule has 2 N–H and O–H groups in total. The summed E-state index contributed by atoms with van der Waals surface area (Å²) >= 11 is 0. The first-order valence-corrected chi connectivity index (χ1v) is 7.79. The van der Waals surface area contributed by atoms with Gasteiger partial charge in [0.2, 0.25) is 0 Å². The van der Waals surface area contributed by atoms with E-state index < -0.39 is 0 Å². The predicted molar refractivity (Wildman–Crippen MR) is 76.5 cm³/mol. The number of rotatable bonds is 12. The highest BCUT2D eigenvalue weighted by Gasteiger charge is 2.20. The Balaban J connectivity index is 1.73. The van der Waals surface area contributed by atoms with E-state index >= 15 is 0 Å². The maximum Gasteiger partial charge on any atom is 0.0164 e. The van der Waals surface area contributed by atoms with Gasteiger partial charge in [-0.15, -0.1) is 0 Å². The van der Waals surface area contributed by atoms with Gasteiger partial charge in [-0.05, 0) is 32.7 Å². The lowest BCUT2D eigenvalue weighted by molar-refractivity contribution is 0.482. The molecule has 0 amide bonds. The van der Waals surface area contributed by atoms with Gasteiger partial charge in [-0.25, -0.2) is 0 Å². The van der Waals surface area contributed by atoms with Gasteiger partial charge in [0.1, 0.15) is 0 Å². The third-order valence-electron chi connectivity index (χ3n) is 3.56. The topological polar surface area (TPSA) is 24.1 Å². The van der Waals surface area contributed by atoms with Crippen molar-refractivity contribution in [3.8, 4) is 0 Å². The van der Waals surface area contributed by atoms with Gasteiger partial charge in [-0.1, -0.05) is 45.4 Å². The van der Waals surface area contributed by atoms with Crippen molar-refractivity contribution in [2.75, 3.05) is 13.1 Å². The number of hydrogen-bond donors (Lipinski definition) is 2. The molecule has 2 heteroatoms. The van der Waals surface area contributed by atoms with Crippen LogP contribution in [0.1, 0.15) is 71.6 Å². The van der Waals surface area contributed by atoms with Crippen molar-refractivity contribution in [2.45, 2.75) is 83.7 Å². The molecule has 0 aromatic heterocycles. The molecule has 0 heterocycles. The Morgan fingerprint density at radius 3 is 2.29 bits per heavy atom. The second kappa shape index (κ2) is 9.90. The van der Waals surface area contributed by atoms with Crippen LogP contribution in [-0.4, -0.2) is 25.2 Å². The zero-order valence-corrected chi connectivity index (χ0v) is 11.9. The van der Waals surface area contributed by atoms with Crippen LogP contribution in [0.4, 0.5) is 0 Å². The first-order valence-electron chi connectivity index (χ1n) is 7.79. The van der Waals surface area contributed by atoms with E-state index in [4.69, 9.17) is 0 Å². The van der Waals surface area contributed by atoms with E-state index in [1.54, 1.807) is 0 Å². The summed E-state index contributed by atoms with van der Waals surface area (Å²) < 4.78 is 0. The fraction of sp³-hybridized carbons (Fsp3) is 1.00. The van der Waals surface area contributed by atoms with Gasteiger partial charge >= 0.3 is 0 Å². The lowest BCUT2D eigenvalue weighted by Crippen LogP contribution is -2.37. The van der Waals surface area contributed by atoms with Crippen LogP contribution >= 0.6 is 0 Å². The van der Waals surface area contributed by atoms with Crippen LogP contribution < -0.4 is 10.6 Å².